The van der Waals surface area contributed by atoms with E-state index < -0.39 is 0 Å². The first-order valence-corrected chi connectivity index (χ1v) is 8.93. The van der Waals surface area contributed by atoms with Crippen molar-refractivity contribution >= 4 is 17.5 Å². The fraction of sp³-hybridized carbons (Fsp3) is 0.350. The third-order valence-electron chi connectivity index (χ3n) is 4.45. The quantitative estimate of drug-likeness (QED) is 0.893. The molecule has 2 amide bonds. The van der Waals surface area contributed by atoms with Crippen molar-refractivity contribution in [1.29, 1.82) is 0 Å². The summed E-state index contributed by atoms with van der Waals surface area (Å²) in [6.45, 7) is 3.05. The first kappa shape index (κ1) is 17.9. The zero-order valence-electron chi connectivity index (χ0n) is 14.9. The Balaban J connectivity index is 1.68. The molecule has 1 aliphatic heterocycles. The Kier molecular flexibility index (Phi) is 5.84. The predicted molar refractivity (Wildman–Crippen MR) is 99.0 cm³/mol. The normalized spacial score (nSPS) is 16.8. The smallest absolute Gasteiger partial charge is 0.229 e. The number of benzene rings is 1. The number of nitrogens with zero attached hydrogens (tertiary/aromatic N) is 2. The Labute approximate surface area is 153 Å². The van der Waals surface area contributed by atoms with E-state index in [0.29, 0.717) is 30.2 Å². The summed E-state index contributed by atoms with van der Waals surface area (Å²) in [4.78, 5) is 30.4. The van der Waals surface area contributed by atoms with Crippen LogP contribution in [0.4, 0.5) is 5.69 Å². The lowest BCUT2D eigenvalue weighted by atomic mass is 9.96. The van der Waals surface area contributed by atoms with Crippen molar-refractivity contribution in [3.63, 3.8) is 0 Å². The van der Waals surface area contributed by atoms with Gasteiger partial charge in [-0.2, -0.15) is 0 Å². The van der Waals surface area contributed by atoms with Crippen molar-refractivity contribution in [3.8, 4) is 11.5 Å². The van der Waals surface area contributed by atoms with Crippen LogP contribution >= 0.6 is 0 Å². The fourth-order valence-corrected chi connectivity index (χ4v) is 3.07. The molecule has 1 N–H and O–H groups in total. The van der Waals surface area contributed by atoms with Crippen molar-refractivity contribution in [2.75, 3.05) is 18.4 Å². The number of likely N-dealkylation sites (tertiary alicyclic amines) is 1. The van der Waals surface area contributed by atoms with Gasteiger partial charge < -0.3 is 15.0 Å². The van der Waals surface area contributed by atoms with Crippen LogP contribution in [-0.4, -0.2) is 34.8 Å². The van der Waals surface area contributed by atoms with E-state index in [1.165, 1.54) is 0 Å². The largest absolute Gasteiger partial charge is 0.454 e. The summed E-state index contributed by atoms with van der Waals surface area (Å²) in [5.41, 5.74) is 0.611. The van der Waals surface area contributed by atoms with E-state index >= 15 is 0 Å². The minimum atomic E-state index is -0.203. The van der Waals surface area contributed by atoms with Gasteiger partial charge in [-0.15, -0.1) is 0 Å². The number of hydrogen-bond acceptors (Lipinski definition) is 4. The Morgan fingerprint density at radius 1 is 1.27 bits per heavy atom. The van der Waals surface area contributed by atoms with E-state index in [1.807, 2.05) is 19.1 Å². The van der Waals surface area contributed by atoms with Crippen LogP contribution in [0.2, 0.25) is 0 Å². The number of carbonyl (C=O) groups excluding carboxylic acids is 2. The Morgan fingerprint density at radius 2 is 2.12 bits per heavy atom. The van der Waals surface area contributed by atoms with Gasteiger partial charge in [0.15, 0.2) is 5.75 Å². The van der Waals surface area contributed by atoms with Gasteiger partial charge in [-0.3, -0.25) is 14.6 Å². The molecule has 1 aromatic heterocycles. The number of anilines is 1. The fourth-order valence-electron chi connectivity index (χ4n) is 3.07. The molecular formula is C20H23N3O3. The van der Waals surface area contributed by atoms with E-state index in [0.717, 1.165) is 19.4 Å². The summed E-state index contributed by atoms with van der Waals surface area (Å²) in [5, 5.41) is 2.96. The van der Waals surface area contributed by atoms with Gasteiger partial charge in [0.25, 0.3) is 0 Å². The highest BCUT2D eigenvalue weighted by molar-refractivity contribution is 5.94. The first-order valence-electron chi connectivity index (χ1n) is 8.93. The number of rotatable bonds is 5. The van der Waals surface area contributed by atoms with E-state index in [1.54, 1.807) is 41.6 Å². The van der Waals surface area contributed by atoms with E-state index in [9.17, 15) is 9.59 Å². The molecule has 136 valence electrons. The lowest BCUT2D eigenvalue weighted by Gasteiger charge is -2.32. The molecule has 0 spiro atoms. The van der Waals surface area contributed by atoms with Crippen molar-refractivity contribution in [1.82, 2.24) is 9.88 Å². The molecule has 0 aliphatic carbocycles. The van der Waals surface area contributed by atoms with Crippen molar-refractivity contribution in [2.45, 2.75) is 26.2 Å². The maximum atomic E-state index is 12.7. The monoisotopic (exact) mass is 353 g/mol. The molecule has 0 bridgehead atoms. The maximum absolute atomic E-state index is 12.7. The number of amides is 2. The van der Waals surface area contributed by atoms with Gasteiger partial charge in [0.05, 0.1) is 17.8 Å². The zero-order valence-corrected chi connectivity index (χ0v) is 14.9. The highest BCUT2D eigenvalue weighted by Gasteiger charge is 2.28. The lowest BCUT2D eigenvalue weighted by molar-refractivity contribution is -0.134. The Hall–Kier alpha value is -2.89. The van der Waals surface area contributed by atoms with E-state index in [-0.39, 0.29) is 17.7 Å². The van der Waals surface area contributed by atoms with Crippen LogP contribution in [0.5, 0.6) is 11.5 Å². The summed E-state index contributed by atoms with van der Waals surface area (Å²) >= 11 is 0. The second-order valence-electron chi connectivity index (χ2n) is 6.31. The third-order valence-corrected chi connectivity index (χ3v) is 4.45. The summed E-state index contributed by atoms with van der Waals surface area (Å²) in [6, 6.07) is 10.9. The highest BCUT2D eigenvalue weighted by atomic mass is 16.5. The lowest BCUT2D eigenvalue weighted by Crippen LogP contribution is -2.43. The molecule has 1 aliphatic rings. The van der Waals surface area contributed by atoms with Crippen LogP contribution < -0.4 is 10.1 Å². The second kappa shape index (κ2) is 8.47. The van der Waals surface area contributed by atoms with Gasteiger partial charge in [0.1, 0.15) is 5.75 Å². The molecular weight excluding hydrogens is 330 g/mol. The number of nitrogens with one attached hydrogen (secondary N) is 1. The number of pyridine rings is 1. The van der Waals surface area contributed by atoms with Gasteiger partial charge in [-0.25, -0.2) is 0 Å². The Morgan fingerprint density at radius 3 is 2.88 bits per heavy atom. The number of carbonyl (C=O) groups is 2. The molecule has 2 aromatic rings. The van der Waals surface area contributed by atoms with Crippen LogP contribution in [0.15, 0.2) is 48.8 Å². The standard InChI is InChI=1S/C20H23N3O3/c1-2-19(24)23-12-6-7-15(14-23)20(25)22-17-9-3-4-10-18(17)26-16-8-5-11-21-13-16/h3-5,8-11,13,15H,2,6-7,12,14H2,1H3,(H,22,25)/t15-/m1/s1. The number of ether oxygens (including phenoxy) is 1. The van der Waals surface area contributed by atoms with Gasteiger partial charge in [0.2, 0.25) is 11.8 Å². The molecule has 6 nitrogen and oxygen atoms in total. The van der Waals surface area contributed by atoms with E-state index in [2.05, 4.69) is 10.3 Å². The molecule has 0 radical (unpaired) electrons. The van der Waals surface area contributed by atoms with Crippen LogP contribution in [0.3, 0.4) is 0 Å². The van der Waals surface area contributed by atoms with Crippen molar-refractivity contribution in [2.24, 2.45) is 5.92 Å². The summed E-state index contributed by atoms with van der Waals surface area (Å²) in [6.07, 6.45) is 5.39. The zero-order chi connectivity index (χ0) is 18.4. The maximum Gasteiger partial charge on any atom is 0.229 e. The van der Waals surface area contributed by atoms with Crippen molar-refractivity contribution in [3.05, 3.63) is 48.8 Å². The molecule has 26 heavy (non-hydrogen) atoms. The number of para-hydroxylation sites is 2. The topological polar surface area (TPSA) is 71.5 Å². The van der Waals surface area contributed by atoms with Crippen LogP contribution in [0.1, 0.15) is 26.2 Å². The molecule has 1 saturated heterocycles. The minimum absolute atomic E-state index is 0.0826. The molecule has 0 unspecified atom stereocenters. The van der Waals surface area contributed by atoms with Crippen LogP contribution in [-0.2, 0) is 9.59 Å². The summed E-state index contributed by atoms with van der Waals surface area (Å²) in [7, 11) is 0. The number of aromatic nitrogens is 1. The van der Waals surface area contributed by atoms with Gasteiger partial charge in [0, 0.05) is 25.7 Å². The van der Waals surface area contributed by atoms with Crippen LogP contribution in [0, 0.1) is 5.92 Å². The molecule has 3 rings (SSSR count). The summed E-state index contributed by atoms with van der Waals surface area (Å²) < 4.78 is 5.83. The van der Waals surface area contributed by atoms with Crippen molar-refractivity contribution < 1.29 is 14.3 Å². The highest BCUT2D eigenvalue weighted by Crippen LogP contribution is 2.30. The van der Waals surface area contributed by atoms with Crippen LogP contribution in [0.25, 0.3) is 0 Å². The van der Waals surface area contributed by atoms with Gasteiger partial charge in [-0.1, -0.05) is 19.1 Å². The average Bonchev–Trinajstić information content (AvgIpc) is 2.69. The number of piperidine rings is 1. The molecule has 1 atom stereocenters. The molecule has 1 aromatic carbocycles. The molecule has 6 heteroatoms. The van der Waals surface area contributed by atoms with E-state index in [4.69, 9.17) is 4.74 Å². The Bertz CT molecular complexity index is 764. The third kappa shape index (κ3) is 4.39. The number of hydrogen-bond donors (Lipinski definition) is 1. The SMILES string of the molecule is CCC(=O)N1CCC[C@@H](C(=O)Nc2ccccc2Oc2cccnc2)C1. The first-order chi connectivity index (χ1) is 12.7. The molecule has 0 saturated carbocycles. The molecule has 2 heterocycles. The minimum Gasteiger partial charge on any atom is -0.454 e. The van der Waals surface area contributed by atoms with Gasteiger partial charge >= 0.3 is 0 Å². The second-order valence-corrected chi connectivity index (χ2v) is 6.31. The predicted octanol–water partition coefficient (Wildman–Crippen LogP) is 3.46. The summed E-state index contributed by atoms with van der Waals surface area (Å²) in [5.74, 6) is 0.979. The molecule has 1 fully saturated rings. The average molecular weight is 353 g/mol. The van der Waals surface area contributed by atoms with Gasteiger partial charge in [-0.05, 0) is 37.1 Å².